The van der Waals surface area contributed by atoms with Crippen LogP contribution in [0.15, 0.2) is 18.2 Å². The van der Waals surface area contributed by atoms with Gasteiger partial charge >= 0.3 is 0 Å². The molecular formula is C24H32N4O5. The molecule has 33 heavy (non-hydrogen) atoms. The summed E-state index contributed by atoms with van der Waals surface area (Å²) in [4.78, 5) is 46.5. The predicted octanol–water partition coefficient (Wildman–Crippen LogP) is 1.46. The number of amides is 3. The number of hydrogen-bond acceptors (Lipinski definition) is 6. The van der Waals surface area contributed by atoms with Crippen molar-refractivity contribution in [2.24, 2.45) is 0 Å². The molecule has 0 N–H and O–H groups in total. The van der Waals surface area contributed by atoms with Gasteiger partial charge in [0.2, 0.25) is 11.8 Å². The van der Waals surface area contributed by atoms with E-state index < -0.39 is 5.79 Å². The SMILES string of the molecule is CN(C)C(=O)c1ccc2c(c1)N(CC(=O)N1CCC3(CC1)OCCO3)C(=O)C1CCCCN21. The van der Waals surface area contributed by atoms with E-state index >= 15 is 0 Å². The first kappa shape index (κ1) is 22.2. The number of fused-ring (bicyclic) bond motifs is 3. The van der Waals surface area contributed by atoms with Crippen molar-refractivity contribution in [2.75, 3.05) is 63.3 Å². The molecule has 4 aliphatic heterocycles. The van der Waals surface area contributed by atoms with E-state index in [1.807, 2.05) is 12.1 Å². The van der Waals surface area contributed by atoms with Crippen LogP contribution in [0.1, 0.15) is 42.5 Å². The van der Waals surface area contributed by atoms with Crippen molar-refractivity contribution in [3.63, 3.8) is 0 Å². The Kier molecular flexibility index (Phi) is 5.78. The third-order valence-electron chi connectivity index (χ3n) is 7.27. The summed E-state index contributed by atoms with van der Waals surface area (Å²) in [5.74, 6) is -0.819. The number of hydrogen-bond donors (Lipinski definition) is 0. The second kappa shape index (κ2) is 8.61. The van der Waals surface area contributed by atoms with E-state index in [1.54, 1.807) is 30.0 Å². The molecule has 4 heterocycles. The number of anilines is 2. The van der Waals surface area contributed by atoms with Crippen molar-refractivity contribution in [2.45, 2.75) is 43.9 Å². The molecule has 0 saturated carbocycles. The van der Waals surface area contributed by atoms with E-state index in [4.69, 9.17) is 9.47 Å². The molecule has 3 amide bonds. The maximum Gasteiger partial charge on any atom is 0.253 e. The van der Waals surface area contributed by atoms with Gasteiger partial charge in [-0.3, -0.25) is 19.3 Å². The minimum absolute atomic E-state index is 0.0233. The van der Waals surface area contributed by atoms with Gasteiger partial charge in [-0.25, -0.2) is 0 Å². The zero-order chi connectivity index (χ0) is 23.2. The molecule has 1 aromatic rings. The van der Waals surface area contributed by atoms with Crippen LogP contribution in [0.5, 0.6) is 0 Å². The monoisotopic (exact) mass is 456 g/mol. The molecule has 3 saturated heterocycles. The summed E-state index contributed by atoms with van der Waals surface area (Å²) in [6, 6.07) is 5.25. The Morgan fingerprint density at radius 2 is 1.79 bits per heavy atom. The van der Waals surface area contributed by atoms with Crippen LogP contribution in [-0.2, 0) is 19.1 Å². The van der Waals surface area contributed by atoms with Gasteiger partial charge in [0.25, 0.3) is 5.91 Å². The number of ether oxygens (including phenoxy) is 2. The van der Waals surface area contributed by atoms with Crippen molar-refractivity contribution >= 4 is 29.1 Å². The average molecular weight is 457 g/mol. The molecule has 9 heteroatoms. The molecule has 0 radical (unpaired) electrons. The van der Waals surface area contributed by atoms with Crippen molar-refractivity contribution in [3.05, 3.63) is 23.8 Å². The van der Waals surface area contributed by atoms with Crippen LogP contribution in [0.2, 0.25) is 0 Å². The summed E-state index contributed by atoms with van der Waals surface area (Å²) >= 11 is 0. The van der Waals surface area contributed by atoms with Crippen molar-refractivity contribution < 1.29 is 23.9 Å². The van der Waals surface area contributed by atoms with E-state index in [0.29, 0.717) is 50.4 Å². The molecule has 178 valence electrons. The molecule has 1 aromatic carbocycles. The number of piperidine rings is 2. The van der Waals surface area contributed by atoms with Crippen LogP contribution >= 0.6 is 0 Å². The Morgan fingerprint density at radius 1 is 1.06 bits per heavy atom. The highest BCUT2D eigenvalue weighted by molar-refractivity contribution is 6.09. The molecule has 1 spiro atoms. The highest BCUT2D eigenvalue weighted by atomic mass is 16.7. The number of carbonyl (C=O) groups excluding carboxylic acids is 3. The quantitative estimate of drug-likeness (QED) is 0.685. The maximum absolute atomic E-state index is 13.5. The van der Waals surface area contributed by atoms with Gasteiger partial charge in [0, 0.05) is 52.1 Å². The van der Waals surface area contributed by atoms with Gasteiger partial charge in [0.05, 0.1) is 24.6 Å². The first-order valence-corrected chi connectivity index (χ1v) is 11.9. The number of benzene rings is 1. The lowest BCUT2D eigenvalue weighted by molar-refractivity contribution is -0.187. The molecule has 3 fully saturated rings. The zero-order valence-electron chi connectivity index (χ0n) is 19.4. The van der Waals surface area contributed by atoms with Crippen LogP contribution in [0.3, 0.4) is 0 Å². The minimum atomic E-state index is -0.547. The molecule has 0 aromatic heterocycles. The Labute approximate surface area is 194 Å². The fraction of sp³-hybridized carbons (Fsp3) is 0.625. The largest absolute Gasteiger partial charge is 0.358 e. The standard InChI is InChI=1S/C24H32N4O5/c1-25(2)22(30)17-6-7-18-20(15-17)28(23(31)19-5-3-4-10-27(18)19)16-21(29)26-11-8-24(9-12-26)32-13-14-33-24/h6-7,15,19H,3-5,8-14,16H2,1-2H3. The molecule has 0 aliphatic carbocycles. The topological polar surface area (TPSA) is 82.6 Å². The Hall–Kier alpha value is -2.65. The molecule has 1 atom stereocenters. The van der Waals surface area contributed by atoms with E-state index in [0.717, 1.165) is 31.5 Å². The van der Waals surface area contributed by atoms with E-state index in [2.05, 4.69) is 4.90 Å². The fourth-order valence-electron chi connectivity index (χ4n) is 5.43. The van der Waals surface area contributed by atoms with Gasteiger partial charge in [0.1, 0.15) is 12.6 Å². The zero-order valence-corrected chi connectivity index (χ0v) is 19.4. The third kappa shape index (κ3) is 3.97. The number of rotatable bonds is 3. The average Bonchev–Trinajstić information content (AvgIpc) is 3.29. The highest BCUT2D eigenvalue weighted by Gasteiger charge is 2.43. The summed E-state index contributed by atoms with van der Waals surface area (Å²) in [6.07, 6.45) is 4.08. The molecule has 1 unspecified atom stereocenters. The van der Waals surface area contributed by atoms with Crippen LogP contribution in [0, 0.1) is 0 Å². The third-order valence-corrected chi connectivity index (χ3v) is 7.27. The number of carbonyl (C=O) groups is 3. The minimum Gasteiger partial charge on any atom is -0.358 e. The first-order valence-electron chi connectivity index (χ1n) is 11.9. The Bertz CT molecular complexity index is 948. The van der Waals surface area contributed by atoms with Gasteiger partial charge in [-0.2, -0.15) is 0 Å². The molecular weight excluding hydrogens is 424 g/mol. The van der Waals surface area contributed by atoms with Crippen LogP contribution in [0.4, 0.5) is 11.4 Å². The van der Waals surface area contributed by atoms with E-state index in [9.17, 15) is 14.4 Å². The molecule has 0 bridgehead atoms. The van der Waals surface area contributed by atoms with Crippen LogP contribution in [-0.4, -0.2) is 92.8 Å². The maximum atomic E-state index is 13.5. The summed E-state index contributed by atoms with van der Waals surface area (Å²) in [5, 5.41) is 0. The lowest BCUT2D eigenvalue weighted by atomic mass is 9.95. The van der Waals surface area contributed by atoms with E-state index in [1.165, 1.54) is 4.90 Å². The number of likely N-dealkylation sites (tertiary alicyclic amines) is 1. The van der Waals surface area contributed by atoms with Gasteiger partial charge in [-0.05, 0) is 37.5 Å². The highest BCUT2D eigenvalue weighted by Crippen LogP contribution is 2.40. The molecule has 4 aliphatic rings. The van der Waals surface area contributed by atoms with Gasteiger partial charge < -0.3 is 24.2 Å². The summed E-state index contributed by atoms with van der Waals surface area (Å²) in [5.41, 5.74) is 2.08. The Balaban J connectivity index is 1.40. The smallest absolute Gasteiger partial charge is 0.253 e. The number of nitrogens with zero attached hydrogens (tertiary/aromatic N) is 4. The normalized spacial score (nSPS) is 24.0. The van der Waals surface area contributed by atoms with Crippen LogP contribution < -0.4 is 9.80 Å². The summed E-state index contributed by atoms with van der Waals surface area (Å²) < 4.78 is 11.5. The van der Waals surface area contributed by atoms with Gasteiger partial charge in [0.15, 0.2) is 5.79 Å². The lowest BCUT2D eigenvalue weighted by Crippen LogP contribution is -2.58. The fourth-order valence-corrected chi connectivity index (χ4v) is 5.43. The van der Waals surface area contributed by atoms with E-state index in [-0.39, 0.29) is 30.3 Å². The van der Waals surface area contributed by atoms with Gasteiger partial charge in [-0.1, -0.05) is 0 Å². The molecule has 9 nitrogen and oxygen atoms in total. The summed E-state index contributed by atoms with van der Waals surface area (Å²) in [7, 11) is 3.41. The second-order valence-electron chi connectivity index (χ2n) is 9.52. The summed E-state index contributed by atoms with van der Waals surface area (Å²) in [6.45, 7) is 3.06. The lowest BCUT2D eigenvalue weighted by Gasteiger charge is -2.46. The van der Waals surface area contributed by atoms with Crippen molar-refractivity contribution in [1.82, 2.24) is 9.80 Å². The second-order valence-corrected chi connectivity index (χ2v) is 9.52. The van der Waals surface area contributed by atoms with Gasteiger partial charge in [-0.15, -0.1) is 0 Å². The Morgan fingerprint density at radius 3 is 2.48 bits per heavy atom. The van der Waals surface area contributed by atoms with Crippen molar-refractivity contribution in [1.29, 1.82) is 0 Å². The van der Waals surface area contributed by atoms with Crippen LogP contribution in [0.25, 0.3) is 0 Å². The molecule has 5 rings (SSSR count). The predicted molar refractivity (Wildman–Crippen MR) is 122 cm³/mol. The van der Waals surface area contributed by atoms with Crippen molar-refractivity contribution in [3.8, 4) is 0 Å². The first-order chi connectivity index (χ1) is 15.9.